The zero-order valence-corrected chi connectivity index (χ0v) is 18.3. The molecule has 3 rings (SSSR count). The zero-order chi connectivity index (χ0) is 22.4. The molecule has 1 aliphatic rings. The van der Waals surface area contributed by atoms with Gasteiger partial charge in [0.25, 0.3) is 11.8 Å². The van der Waals surface area contributed by atoms with E-state index in [-0.39, 0.29) is 35.6 Å². The van der Waals surface area contributed by atoms with Crippen LogP contribution >= 0.6 is 0 Å². The molecule has 1 aliphatic heterocycles. The van der Waals surface area contributed by atoms with Gasteiger partial charge in [0.2, 0.25) is 10.0 Å². The number of nitrogens with zero attached hydrogens (tertiary/aromatic N) is 4. The molecule has 0 aliphatic carbocycles. The Labute approximate surface area is 181 Å². The van der Waals surface area contributed by atoms with E-state index in [0.29, 0.717) is 37.3 Å². The number of benzene rings is 1. The van der Waals surface area contributed by atoms with Gasteiger partial charge in [-0.2, -0.15) is 0 Å². The zero-order valence-electron chi connectivity index (χ0n) is 17.4. The van der Waals surface area contributed by atoms with Crippen molar-refractivity contribution < 1.29 is 22.7 Å². The Morgan fingerprint density at radius 1 is 1.10 bits per heavy atom. The van der Waals surface area contributed by atoms with Crippen LogP contribution in [0.4, 0.5) is 0 Å². The molecule has 2 amide bonds. The molecule has 0 spiro atoms. The van der Waals surface area contributed by atoms with Crippen molar-refractivity contribution in [1.29, 1.82) is 0 Å². The molecule has 10 nitrogen and oxygen atoms in total. The summed E-state index contributed by atoms with van der Waals surface area (Å²) in [5.74, 6) is -0.496. The number of methoxy groups -OCH3 is 1. The first kappa shape index (κ1) is 22.8. The Morgan fingerprint density at radius 2 is 1.77 bits per heavy atom. The summed E-state index contributed by atoms with van der Waals surface area (Å²) < 4.78 is 32.3. The standard InChI is InChI=1S/C20H25N5O5S/c1-15-3-4-16(31(28,29)23-7-12-30-2)13-17(15)19(26)24-8-10-25(11-9-24)20(27)18-14-21-5-6-22-18/h3-6,13-14,23H,7-12H2,1-2H3. The summed E-state index contributed by atoms with van der Waals surface area (Å²) >= 11 is 0. The molecule has 0 saturated carbocycles. The molecule has 2 heterocycles. The minimum absolute atomic E-state index is 0.0222. The second-order valence-electron chi connectivity index (χ2n) is 7.04. The number of carbonyl (C=O) groups is 2. The predicted molar refractivity (Wildman–Crippen MR) is 112 cm³/mol. The Balaban J connectivity index is 1.69. The van der Waals surface area contributed by atoms with E-state index in [1.807, 2.05) is 0 Å². The second-order valence-corrected chi connectivity index (χ2v) is 8.81. The lowest BCUT2D eigenvalue weighted by atomic mass is 10.1. The molecule has 0 bridgehead atoms. The molecule has 1 fully saturated rings. The van der Waals surface area contributed by atoms with Gasteiger partial charge in [-0.1, -0.05) is 6.07 Å². The van der Waals surface area contributed by atoms with E-state index < -0.39 is 10.0 Å². The highest BCUT2D eigenvalue weighted by Gasteiger charge is 2.27. The van der Waals surface area contributed by atoms with Crippen molar-refractivity contribution in [1.82, 2.24) is 24.5 Å². The van der Waals surface area contributed by atoms with E-state index in [4.69, 9.17) is 4.74 Å². The van der Waals surface area contributed by atoms with Crippen molar-refractivity contribution in [3.63, 3.8) is 0 Å². The molecule has 31 heavy (non-hydrogen) atoms. The SMILES string of the molecule is COCCNS(=O)(=O)c1ccc(C)c(C(=O)N2CCN(C(=O)c3cnccn3)CC2)c1. The number of nitrogens with one attached hydrogen (secondary N) is 1. The molecule has 166 valence electrons. The number of piperazine rings is 1. The van der Waals surface area contributed by atoms with Crippen molar-refractivity contribution in [2.24, 2.45) is 0 Å². The lowest BCUT2D eigenvalue weighted by molar-refractivity contribution is 0.0531. The topological polar surface area (TPSA) is 122 Å². The first-order valence-corrected chi connectivity index (χ1v) is 11.3. The van der Waals surface area contributed by atoms with Gasteiger partial charge in [-0.15, -0.1) is 0 Å². The summed E-state index contributed by atoms with van der Waals surface area (Å²) in [6.07, 6.45) is 4.37. The van der Waals surface area contributed by atoms with E-state index in [1.165, 1.54) is 37.8 Å². The number of hydrogen-bond acceptors (Lipinski definition) is 7. The fourth-order valence-corrected chi connectivity index (χ4v) is 4.25. The highest BCUT2D eigenvalue weighted by atomic mass is 32.2. The van der Waals surface area contributed by atoms with Crippen molar-refractivity contribution in [3.05, 3.63) is 53.6 Å². The minimum atomic E-state index is -3.75. The van der Waals surface area contributed by atoms with Crippen LogP contribution in [0.5, 0.6) is 0 Å². The second kappa shape index (κ2) is 9.94. The number of aryl methyl sites for hydroxylation is 1. The van der Waals surface area contributed by atoms with Gasteiger partial charge < -0.3 is 14.5 Å². The van der Waals surface area contributed by atoms with E-state index in [9.17, 15) is 18.0 Å². The maximum absolute atomic E-state index is 13.1. The van der Waals surface area contributed by atoms with Gasteiger partial charge >= 0.3 is 0 Å². The molecular formula is C20H25N5O5S. The number of aromatic nitrogens is 2. The van der Waals surface area contributed by atoms with E-state index >= 15 is 0 Å². The Morgan fingerprint density at radius 3 is 2.39 bits per heavy atom. The van der Waals surface area contributed by atoms with Crippen LogP contribution in [0.15, 0.2) is 41.7 Å². The normalized spacial score (nSPS) is 14.5. The first-order valence-electron chi connectivity index (χ1n) is 9.77. The molecule has 1 saturated heterocycles. The molecule has 0 radical (unpaired) electrons. The average molecular weight is 448 g/mol. The van der Waals surface area contributed by atoms with Crippen LogP contribution < -0.4 is 4.72 Å². The Kier molecular flexibility index (Phi) is 7.31. The summed E-state index contributed by atoms with van der Waals surface area (Å²) in [7, 11) is -2.27. The number of hydrogen-bond donors (Lipinski definition) is 1. The molecule has 11 heteroatoms. The largest absolute Gasteiger partial charge is 0.383 e. The number of rotatable bonds is 7. The van der Waals surface area contributed by atoms with Crippen LogP contribution in [0.2, 0.25) is 0 Å². The van der Waals surface area contributed by atoms with Crippen molar-refractivity contribution in [2.45, 2.75) is 11.8 Å². The summed E-state index contributed by atoms with van der Waals surface area (Å²) in [6, 6.07) is 4.48. The van der Waals surface area contributed by atoms with Crippen LogP contribution in [0, 0.1) is 6.92 Å². The predicted octanol–water partition coefficient (Wildman–Crippen LogP) is 0.308. The summed E-state index contributed by atoms with van der Waals surface area (Å²) in [4.78, 5) is 36.8. The van der Waals surface area contributed by atoms with Gasteiger partial charge in [0.1, 0.15) is 5.69 Å². The average Bonchev–Trinajstić information content (AvgIpc) is 2.79. The number of sulfonamides is 1. The van der Waals surface area contributed by atoms with Crippen LogP contribution in [-0.2, 0) is 14.8 Å². The molecule has 1 N–H and O–H groups in total. The monoisotopic (exact) mass is 447 g/mol. The lowest BCUT2D eigenvalue weighted by Crippen LogP contribution is -2.50. The highest BCUT2D eigenvalue weighted by molar-refractivity contribution is 7.89. The number of carbonyl (C=O) groups excluding carboxylic acids is 2. The van der Waals surface area contributed by atoms with Gasteiger partial charge in [-0.25, -0.2) is 18.1 Å². The maximum atomic E-state index is 13.1. The molecule has 0 atom stereocenters. The molecule has 1 aromatic carbocycles. The van der Waals surface area contributed by atoms with Crippen LogP contribution in [0.25, 0.3) is 0 Å². The van der Waals surface area contributed by atoms with E-state index in [2.05, 4.69) is 14.7 Å². The lowest BCUT2D eigenvalue weighted by Gasteiger charge is -2.34. The van der Waals surface area contributed by atoms with E-state index in [1.54, 1.807) is 22.8 Å². The minimum Gasteiger partial charge on any atom is -0.383 e. The van der Waals surface area contributed by atoms with Gasteiger partial charge in [0, 0.05) is 57.8 Å². The van der Waals surface area contributed by atoms with Gasteiger partial charge in [0.15, 0.2) is 0 Å². The molecular weight excluding hydrogens is 422 g/mol. The third kappa shape index (κ3) is 5.43. The maximum Gasteiger partial charge on any atom is 0.274 e. The Hall–Kier alpha value is -2.89. The molecule has 1 aromatic heterocycles. The smallest absolute Gasteiger partial charge is 0.274 e. The third-order valence-electron chi connectivity index (χ3n) is 4.98. The first-order chi connectivity index (χ1) is 14.8. The van der Waals surface area contributed by atoms with Crippen molar-refractivity contribution in [3.8, 4) is 0 Å². The van der Waals surface area contributed by atoms with Crippen molar-refractivity contribution >= 4 is 21.8 Å². The summed E-state index contributed by atoms with van der Waals surface area (Å²) in [6.45, 7) is 3.54. The number of ether oxygens (including phenoxy) is 1. The van der Waals surface area contributed by atoms with Gasteiger partial charge in [-0.05, 0) is 24.6 Å². The van der Waals surface area contributed by atoms with Crippen LogP contribution in [-0.4, -0.2) is 86.4 Å². The molecule has 2 aromatic rings. The van der Waals surface area contributed by atoms with Crippen molar-refractivity contribution in [2.75, 3.05) is 46.4 Å². The van der Waals surface area contributed by atoms with Gasteiger partial charge in [-0.3, -0.25) is 14.6 Å². The Bertz CT molecular complexity index is 1040. The van der Waals surface area contributed by atoms with E-state index in [0.717, 1.165) is 0 Å². The van der Waals surface area contributed by atoms with Crippen LogP contribution in [0.3, 0.4) is 0 Å². The number of amides is 2. The fourth-order valence-electron chi connectivity index (χ4n) is 3.21. The summed E-state index contributed by atoms with van der Waals surface area (Å²) in [5.41, 5.74) is 1.26. The van der Waals surface area contributed by atoms with Gasteiger partial charge in [0.05, 0.1) is 17.7 Å². The highest BCUT2D eigenvalue weighted by Crippen LogP contribution is 2.19. The summed E-state index contributed by atoms with van der Waals surface area (Å²) in [5, 5.41) is 0. The van der Waals surface area contributed by atoms with Crippen LogP contribution in [0.1, 0.15) is 26.4 Å². The fraction of sp³-hybridized carbons (Fsp3) is 0.400. The quantitative estimate of drug-likeness (QED) is 0.606. The molecule has 0 unspecified atom stereocenters. The third-order valence-corrected chi connectivity index (χ3v) is 6.44.